The summed E-state index contributed by atoms with van der Waals surface area (Å²) in [6.07, 6.45) is 4.69. The van der Waals surface area contributed by atoms with E-state index in [-0.39, 0.29) is 23.2 Å². The van der Waals surface area contributed by atoms with Crippen molar-refractivity contribution >= 4 is 22.8 Å². The molecule has 1 aliphatic heterocycles. The Labute approximate surface area is 142 Å². The molecule has 0 bridgehead atoms. The molecule has 9 heteroatoms. The van der Waals surface area contributed by atoms with Crippen LogP contribution in [-0.4, -0.2) is 37.3 Å². The molecule has 9 nitrogen and oxygen atoms in total. The number of nitrogens with zero attached hydrogens (tertiary/aromatic N) is 4. The van der Waals surface area contributed by atoms with Crippen molar-refractivity contribution in [2.45, 2.75) is 18.9 Å². The highest BCUT2D eigenvalue weighted by Gasteiger charge is 2.23. The lowest BCUT2D eigenvalue weighted by Gasteiger charge is -2.22. The summed E-state index contributed by atoms with van der Waals surface area (Å²) in [6, 6.07) is 3.40. The van der Waals surface area contributed by atoms with Gasteiger partial charge in [0.05, 0.1) is 6.20 Å². The summed E-state index contributed by atoms with van der Waals surface area (Å²) in [5, 5.41) is 2.91. The van der Waals surface area contributed by atoms with Crippen molar-refractivity contribution < 1.29 is 4.74 Å². The molecule has 25 heavy (non-hydrogen) atoms. The highest BCUT2D eigenvalue weighted by atomic mass is 16.5. The Morgan fingerprint density at radius 2 is 2.12 bits per heavy atom. The predicted octanol–water partition coefficient (Wildman–Crippen LogP) is 0.913. The molecule has 0 radical (unpaired) electrons. The van der Waals surface area contributed by atoms with Crippen molar-refractivity contribution in [1.82, 2.24) is 24.1 Å². The minimum absolute atomic E-state index is 0.0489. The lowest BCUT2D eigenvalue weighted by atomic mass is 10.1. The van der Waals surface area contributed by atoms with Crippen LogP contribution >= 0.6 is 0 Å². The molecular formula is C16H18N6O3. The average Bonchev–Trinajstić information content (AvgIpc) is 2.88. The van der Waals surface area contributed by atoms with Gasteiger partial charge in [-0.05, 0) is 25.0 Å². The first-order valence-electron chi connectivity index (χ1n) is 8.11. The maximum absolute atomic E-state index is 12.7. The van der Waals surface area contributed by atoms with Gasteiger partial charge in [-0.3, -0.25) is 13.9 Å². The number of ether oxygens (including phenoxy) is 1. The fraction of sp³-hybridized carbons (Fsp3) is 0.375. The number of H-pyrrole nitrogens is 1. The van der Waals surface area contributed by atoms with Crippen LogP contribution in [-0.2, 0) is 11.8 Å². The standard InChI is InChI=1S/C16H18N6O3/c1-21-12-9-18-15(19-11-3-2-6-17-14(11)23)20-13(12)22(16(21)24)10-4-7-25-8-5-10/h2-3,6,9-10H,4-5,7-8H2,1H3,(H,17,23)(H,18,19,20). The van der Waals surface area contributed by atoms with Crippen LogP contribution in [0.2, 0.25) is 0 Å². The number of aryl methyl sites for hydroxylation is 1. The van der Waals surface area contributed by atoms with Gasteiger partial charge in [0, 0.05) is 32.5 Å². The maximum Gasteiger partial charge on any atom is 0.330 e. The molecule has 0 amide bonds. The Kier molecular flexibility index (Phi) is 3.85. The van der Waals surface area contributed by atoms with Crippen LogP contribution < -0.4 is 16.6 Å². The van der Waals surface area contributed by atoms with Gasteiger partial charge in [0.2, 0.25) is 5.95 Å². The van der Waals surface area contributed by atoms with Gasteiger partial charge in [0.1, 0.15) is 11.2 Å². The van der Waals surface area contributed by atoms with Gasteiger partial charge in [0.25, 0.3) is 5.56 Å². The molecule has 4 heterocycles. The highest BCUT2D eigenvalue weighted by molar-refractivity contribution is 5.72. The van der Waals surface area contributed by atoms with Crippen molar-refractivity contribution in [3.05, 3.63) is 45.4 Å². The Morgan fingerprint density at radius 1 is 1.32 bits per heavy atom. The number of hydrogen-bond donors (Lipinski definition) is 2. The third-order valence-corrected chi connectivity index (χ3v) is 4.45. The molecule has 3 aromatic heterocycles. The Morgan fingerprint density at radius 3 is 2.88 bits per heavy atom. The molecule has 1 fully saturated rings. The molecular weight excluding hydrogens is 324 g/mol. The number of aromatic nitrogens is 5. The molecule has 1 aliphatic rings. The lowest BCUT2D eigenvalue weighted by Crippen LogP contribution is -2.30. The zero-order valence-corrected chi connectivity index (χ0v) is 13.7. The van der Waals surface area contributed by atoms with Crippen LogP contribution in [0.3, 0.4) is 0 Å². The zero-order valence-electron chi connectivity index (χ0n) is 13.7. The van der Waals surface area contributed by atoms with E-state index < -0.39 is 0 Å². The molecule has 1 saturated heterocycles. The Hall–Kier alpha value is -2.94. The topological polar surface area (TPSA) is 107 Å². The van der Waals surface area contributed by atoms with E-state index in [0.29, 0.717) is 30.1 Å². The van der Waals surface area contributed by atoms with Gasteiger partial charge in [-0.1, -0.05) is 0 Å². The Balaban J connectivity index is 1.80. The van der Waals surface area contributed by atoms with E-state index in [0.717, 1.165) is 12.8 Å². The van der Waals surface area contributed by atoms with Crippen LogP contribution in [0.15, 0.2) is 34.1 Å². The van der Waals surface area contributed by atoms with Crippen LogP contribution in [0.4, 0.5) is 11.6 Å². The summed E-state index contributed by atoms with van der Waals surface area (Å²) in [6.45, 7) is 1.26. The molecule has 0 saturated carbocycles. The molecule has 0 unspecified atom stereocenters. The molecule has 0 aromatic carbocycles. The predicted molar refractivity (Wildman–Crippen MR) is 92.2 cm³/mol. The van der Waals surface area contributed by atoms with Gasteiger partial charge in [-0.15, -0.1) is 0 Å². The van der Waals surface area contributed by atoms with E-state index in [4.69, 9.17) is 4.74 Å². The fourth-order valence-corrected chi connectivity index (χ4v) is 3.11. The normalized spacial score (nSPS) is 15.6. The second kappa shape index (κ2) is 6.17. The second-order valence-corrected chi connectivity index (χ2v) is 6.00. The van der Waals surface area contributed by atoms with E-state index in [1.807, 2.05) is 0 Å². The molecule has 130 valence electrons. The van der Waals surface area contributed by atoms with Crippen molar-refractivity contribution in [3.63, 3.8) is 0 Å². The summed E-state index contributed by atoms with van der Waals surface area (Å²) >= 11 is 0. The number of aromatic amines is 1. The first-order valence-corrected chi connectivity index (χ1v) is 8.11. The van der Waals surface area contributed by atoms with Crippen molar-refractivity contribution in [1.29, 1.82) is 0 Å². The quantitative estimate of drug-likeness (QED) is 0.733. The number of anilines is 2. The first-order chi connectivity index (χ1) is 12.1. The Bertz CT molecular complexity index is 1030. The molecule has 4 rings (SSSR count). The summed E-state index contributed by atoms with van der Waals surface area (Å²) in [5.41, 5.74) is 1.18. The first kappa shape index (κ1) is 15.6. The molecule has 2 N–H and O–H groups in total. The maximum atomic E-state index is 12.7. The van der Waals surface area contributed by atoms with Crippen molar-refractivity contribution in [3.8, 4) is 0 Å². The summed E-state index contributed by atoms with van der Waals surface area (Å²) in [5.74, 6) is 0.274. The van der Waals surface area contributed by atoms with E-state index in [9.17, 15) is 9.59 Å². The second-order valence-electron chi connectivity index (χ2n) is 6.00. The van der Waals surface area contributed by atoms with Gasteiger partial charge in [0.15, 0.2) is 5.65 Å². The van der Waals surface area contributed by atoms with Crippen LogP contribution in [0, 0.1) is 0 Å². The third kappa shape index (κ3) is 2.72. The molecule has 0 spiro atoms. The van der Waals surface area contributed by atoms with Gasteiger partial charge < -0.3 is 15.0 Å². The number of nitrogens with one attached hydrogen (secondary N) is 2. The molecule has 0 atom stereocenters. The highest BCUT2D eigenvalue weighted by Crippen LogP contribution is 2.24. The number of hydrogen-bond acceptors (Lipinski definition) is 6. The van der Waals surface area contributed by atoms with Crippen molar-refractivity contribution in [2.24, 2.45) is 7.05 Å². The lowest BCUT2D eigenvalue weighted by molar-refractivity contribution is 0.0695. The largest absolute Gasteiger partial charge is 0.381 e. The fourth-order valence-electron chi connectivity index (χ4n) is 3.11. The number of pyridine rings is 1. The minimum Gasteiger partial charge on any atom is -0.381 e. The average molecular weight is 342 g/mol. The molecule has 3 aromatic rings. The number of fused-ring (bicyclic) bond motifs is 1. The van der Waals surface area contributed by atoms with E-state index in [2.05, 4.69) is 20.3 Å². The number of rotatable bonds is 3. The van der Waals surface area contributed by atoms with Crippen LogP contribution in [0.1, 0.15) is 18.9 Å². The van der Waals surface area contributed by atoms with E-state index in [1.54, 1.807) is 40.7 Å². The summed E-state index contributed by atoms with van der Waals surface area (Å²) in [7, 11) is 1.71. The monoisotopic (exact) mass is 342 g/mol. The summed E-state index contributed by atoms with van der Waals surface area (Å²) < 4.78 is 8.64. The third-order valence-electron chi connectivity index (χ3n) is 4.45. The van der Waals surface area contributed by atoms with E-state index >= 15 is 0 Å². The molecule has 0 aliphatic carbocycles. The van der Waals surface area contributed by atoms with E-state index in [1.165, 1.54) is 0 Å². The van der Waals surface area contributed by atoms with Crippen LogP contribution in [0.25, 0.3) is 11.2 Å². The zero-order chi connectivity index (χ0) is 17.4. The van der Waals surface area contributed by atoms with Gasteiger partial charge in [-0.25, -0.2) is 9.78 Å². The van der Waals surface area contributed by atoms with Gasteiger partial charge >= 0.3 is 5.69 Å². The smallest absolute Gasteiger partial charge is 0.330 e. The SMILES string of the molecule is Cn1c(=O)n(C2CCOCC2)c2nc(Nc3ccc[nH]c3=O)ncc21. The summed E-state index contributed by atoms with van der Waals surface area (Å²) in [4.78, 5) is 35.8. The minimum atomic E-state index is -0.263. The number of imidazole rings is 1. The van der Waals surface area contributed by atoms with Crippen molar-refractivity contribution in [2.75, 3.05) is 18.5 Å². The van der Waals surface area contributed by atoms with Gasteiger partial charge in [-0.2, -0.15) is 4.98 Å². The van der Waals surface area contributed by atoms with Crippen LogP contribution in [0.5, 0.6) is 0 Å².